The molecule has 4 aromatic rings. The Morgan fingerprint density at radius 3 is 2.12 bits per heavy atom. The van der Waals surface area contributed by atoms with Crippen molar-refractivity contribution in [2.75, 3.05) is 18.9 Å². The number of fused-ring (bicyclic) bond motifs is 4. The predicted molar refractivity (Wildman–Crippen MR) is 213 cm³/mol. The molecule has 0 aliphatic carbocycles. The van der Waals surface area contributed by atoms with Crippen LogP contribution in [0, 0.1) is 5.92 Å². The fourth-order valence-corrected chi connectivity index (χ4v) is 7.18. The zero-order valence-corrected chi connectivity index (χ0v) is 30.5. The zero-order valence-electron chi connectivity index (χ0n) is 29.7. The summed E-state index contributed by atoms with van der Waals surface area (Å²) in [7, 11) is 2.14. The van der Waals surface area contributed by atoms with Crippen LogP contribution < -0.4 is 5.32 Å². The molecule has 0 saturated carbocycles. The van der Waals surface area contributed by atoms with E-state index < -0.39 is 0 Å². The molecule has 250 valence electrons. The second kappa shape index (κ2) is 18.8. The van der Waals surface area contributed by atoms with Crippen molar-refractivity contribution in [2.24, 2.45) is 15.9 Å². The highest BCUT2D eigenvalue weighted by Crippen LogP contribution is 2.44. The molecule has 3 atom stereocenters. The van der Waals surface area contributed by atoms with E-state index in [1.54, 1.807) is 0 Å². The van der Waals surface area contributed by atoms with Gasteiger partial charge in [-0.05, 0) is 55.8 Å². The quantitative estimate of drug-likeness (QED) is 0.217. The number of allylic oxidation sites excluding steroid dienone is 4. The molecule has 0 bridgehead atoms. The summed E-state index contributed by atoms with van der Waals surface area (Å²) < 4.78 is 0. The summed E-state index contributed by atoms with van der Waals surface area (Å²) >= 11 is 1.90. The molecule has 48 heavy (non-hydrogen) atoms. The van der Waals surface area contributed by atoms with Crippen LogP contribution >= 0.6 is 11.8 Å². The van der Waals surface area contributed by atoms with E-state index in [0.717, 1.165) is 36.6 Å². The molecule has 3 heterocycles. The molecule has 0 spiro atoms. The number of amidine groups is 1. The lowest BCUT2D eigenvalue weighted by Crippen LogP contribution is -2.40. The van der Waals surface area contributed by atoms with Crippen molar-refractivity contribution in [3.8, 4) is 0 Å². The number of nitrogens with one attached hydrogen (secondary N) is 1. The first-order valence-electron chi connectivity index (χ1n) is 17.4. The first-order valence-corrected chi connectivity index (χ1v) is 18.3. The van der Waals surface area contributed by atoms with Gasteiger partial charge in [0, 0.05) is 41.0 Å². The highest BCUT2D eigenvalue weighted by molar-refractivity contribution is 8.00. The molecule has 0 saturated heterocycles. The molecule has 3 aliphatic rings. The van der Waals surface area contributed by atoms with Gasteiger partial charge in [0.25, 0.3) is 0 Å². The van der Waals surface area contributed by atoms with Gasteiger partial charge in [-0.25, -0.2) is 4.99 Å². The summed E-state index contributed by atoms with van der Waals surface area (Å²) in [6.07, 6.45) is 15.2. The molecular formula is C43H52N4S. The average Bonchev–Trinajstić information content (AvgIpc) is 3.58. The maximum absolute atomic E-state index is 5.25. The van der Waals surface area contributed by atoms with E-state index in [0.29, 0.717) is 11.3 Å². The van der Waals surface area contributed by atoms with Gasteiger partial charge in [0.2, 0.25) is 0 Å². The first-order chi connectivity index (χ1) is 23.6. The Kier molecular flexibility index (Phi) is 14.3. The van der Waals surface area contributed by atoms with Gasteiger partial charge in [0.05, 0.1) is 22.8 Å². The van der Waals surface area contributed by atoms with Crippen LogP contribution in [0.4, 0.5) is 11.4 Å². The molecule has 4 nitrogen and oxygen atoms in total. The molecule has 1 N–H and O–H groups in total. The third-order valence-corrected chi connectivity index (χ3v) is 9.59. The topological polar surface area (TPSA) is 40.0 Å². The van der Waals surface area contributed by atoms with Crippen molar-refractivity contribution < 1.29 is 0 Å². The van der Waals surface area contributed by atoms with Crippen molar-refractivity contribution in [1.29, 1.82) is 0 Å². The van der Waals surface area contributed by atoms with Crippen molar-refractivity contribution in [3.05, 3.63) is 139 Å². The number of hydrogen-bond acceptors (Lipinski definition) is 5. The Morgan fingerprint density at radius 2 is 1.50 bits per heavy atom. The summed E-state index contributed by atoms with van der Waals surface area (Å²) in [5.74, 6) is 1.26. The molecule has 0 aromatic heterocycles. The number of thioether (sulfide) groups is 1. The van der Waals surface area contributed by atoms with Gasteiger partial charge < -0.3 is 10.2 Å². The van der Waals surface area contributed by atoms with Gasteiger partial charge in [0.15, 0.2) is 5.84 Å². The summed E-state index contributed by atoms with van der Waals surface area (Å²) in [6.45, 7) is 13.1. The molecule has 5 heteroatoms. The molecule has 0 radical (unpaired) electrons. The highest BCUT2D eigenvalue weighted by Gasteiger charge is 2.33. The SMILES string of the molecule is C/C=C\CC.C/C=C\CC.CC.CN1C(C2=NCC(C3Nc4ccccc4S3)C=C2)=Nc2c(ccc3ccccc23)C1c1ccccc1. The molecule has 7 rings (SSSR count). The van der Waals surface area contributed by atoms with Crippen LogP contribution in [0.25, 0.3) is 10.8 Å². The number of anilines is 1. The van der Waals surface area contributed by atoms with Crippen LogP contribution in [0.1, 0.15) is 71.6 Å². The molecule has 0 amide bonds. The van der Waals surface area contributed by atoms with Crippen LogP contribution in [0.2, 0.25) is 0 Å². The first kappa shape index (κ1) is 36.5. The summed E-state index contributed by atoms with van der Waals surface area (Å²) in [5.41, 5.74) is 5.71. The Morgan fingerprint density at radius 1 is 0.833 bits per heavy atom. The average molecular weight is 657 g/mol. The monoisotopic (exact) mass is 656 g/mol. The summed E-state index contributed by atoms with van der Waals surface area (Å²) in [4.78, 5) is 13.9. The van der Waals surface area contributed by atoms with E-state index >= 15 is 0 Å². The molecule has 4 aromatic carbocycles. The number of benzene rings is 4. The fraction of sp³-hybridized carbons (Fsp3) is 0.302. The summed E-state index contributed by atoms with van der Waals surface area (Å²) in [5, 5.41) is 6.37. The molecule has 3 unspecified atom stereocenters. The fourth-order valence-electron chi connectivity index (χ4n) is 5.96. The van der Waals surface area contributed by atoms with Crippen LogP contribution in [0.3, 0.4) is 0 Å². The van der Waals surface area contributed by atoms with Crippen molar-refractivity contribution >= 4 is 45.5 Å². The third-order valence-electron chi connectivity index (χ3n) is 8.25. The van der Waals surface area contributed by atoms with Gasteiger partial charge in [0.1, 0.15) is 0 Å². The second-order valence-electron chi connectivity index (χ2n) is 11.5. The van der Waals surface area contributed by atoms with E-state index in [9.17, 15) is 0 Å². The number of para-hydroxylation sites is 1. The number of hydrogen-bond donors (Lipinski definition) is 1. The Bertz CT molecular complexity index is 1710. The van der Waals surface area contributed by atoms with Gasteiger partial charge in [-0.2, -0.15) is 0 Å². The standard InChI is InChI=1S/C31H26N4S.2C5H10.C2H6/c1-35-29(21-10-3-2-4-11-21)24-17-15-20-9-5-6-12-23(20)28(24)34-30(35)26-18-16-22(19-32-26)31-33-25-13-7-8-14-27(25)36-31;2*1-3-5-4-2;1-2/h2-18,22,29,31,33H,19H2,1H3;2*3,5H,4H2,1-2H3;1-2H3/b;2*5-3-;. The van der Waals surface area contributed by atoms with E-state index in [4.69, 9.17) is 9.98 Å². The minimum Gasteiger partial charge on any atom is -0.371 e. The van der Waals surface area contributed by atoms with Gasteiger partial charge in [-0.1, -0.05) is 149 Å². The van der Waals surface area contributed by atoms with Crippen LogP contribution in [0.5, 0.6) is 0 Å². The Hall–Kier alpha value is -4.35. The van der Waals surface area contributed by atoms with E-state index in [2.05, 4.69) is 159 Å². The lowest BCUT2D eigenvalue weighted by atomic mass is 9.91. The number of rotatable bonds is 5. The predicted octanol–water partition coefficient (Wildman–Crippen LogP) is 12.0. The van der Waals surface area contributed by atoms with Gasteiger partial charge in [-0.15, -0.1) is 0 Å². The van der Waals surface area contributed by atoms with Gasteiger partial charge in [-0.3, -0.25) is 4.99 Å². The zero-order chi connectivity index (χ0) is 34.3. The van der Waals surface area contributed by atoms with Crippen LogP contribution in [-0.4, -0.2) is 35.4 Å². The van der Waals surface area contributed by atoms with Crippen molar-refractivity contribution in [2.45, 2.75) is 70.7 Å². The van der Waals surface area contributed by atoms with Crippen molar-refractivity contribution in [1.82, 2.24) is 4.90 Å². The third kappa shape index (κ3) is 8.76. The van der Waals surface area contributed by atoms with Crippen molar-refractivity contribution in [3.63, 3.8) is 0 Å². The number of nitrogens with zero attached hydrogens (tertiary/aromatic N) is 3. The molecule has 3 aliphatic heterocycles. The molecule has 0 fully saturated rings. The lowest BCUT2D eigenvalue weighted by Gasteiger charge is -2.37. The van der Waals surface area contributed by atoms with E-state index in [1.165, 1.54) is 32.5 Å². The van der Waals surface area contributed by atoms with Crippen LogP contribution in [0.15, 0.2) is 142 Å². The maximum Gasteiger partial charge on any atom is 0.155 e. The highest BCUT2D eigenvalue weighted by atomic mass is 32.2. The van der Waals surface area contributed by atoms with E-state index in [1.807, 2.05) is 39.5 Å². The smallest absolute Gasteiger partial charge is 0.155 e. The maximum atomic E-state index is 5.25. The lowest BCUT2D eigenvalue weighted by molar-refractivity contribution is 0.426. The Labute approximate surface area is 293 Å². The normalized spacial score (nSPS) is 19.1. The minimum atomic E-state index is 0.0775. The largest absolute Gasteiger partial charge is 0.371 e. The molecular weight excluding hydrogens is 605 g/mol. The number of dihydropyridines is 1. The van der Waals surface area contributed by atoms with E-state index in [-0.39, 0.29) is 6.04 Å². The summed E-state index contributed by atoms with van der Waals surface area (Å²) in [6, 6.07) is 32.3. The van der Waals surface area contributed by atoms with Crippen LogP contribution in [-0.2, 0) is 0 Å². The minimum absolute atomic E-state index is 0.0775. The second-order valence-corrected chi connectivity index (χ2v) is 12.6. The van der Waals surface area contributed by atoms with Gasteiger partial charge >= 0.3 is 0 Å². The Balaban J connectivity index is 0.000000378. The number of aliphatic imine (C=N–C) groups is 2.